The molecule has 8 heteroatoms. The Bertz CT molecular complexity index is 1070. The molecule has 1 aliphatic rings. The van der Waals surface area contributed by atoms with Crippen LogP contribution in [0.3, 0.4) is 0 Å². The summed E-state index contributed by atoms with van der Waals surface area (Å²) in [5.74, 6) is 0.395. The van der Waals surface area contributed by atoms with Gasteiger partial charge in [0.25, 0.3) is 5.91 Å². The molecule has 0 spiro atoms. The summed E-state index contributed by atoms with van der Waals surface area (Å²) in [4.78, 5) is 35.7. The number of hydrogen-bond donors (Lipinski definition) is 2. The molecule has 32 heavy (non-hydrogen) atoms. The number of pyridine rings is 2. The van der Waals surface area contributed by atoms with Crippen molar-refractivity contribution in [2.45, 2.75) is 18.8 Å². The number of amides is 2. The van der Waals surface area contributed by atoms with Crippen molar-refractivity contribution in [3.8, 4) is 0 Å². The molecule has 2 N–H and O–H groups in total. The summed E-state index contributed by atoms with van der Waals surface area (Å²) in [7, 11) is 0. The number of halogens is 1. The van der Waals surface area contributed by atoms with Gasteiger partial charge in [-0.25, -0.2) is 4.98 Å². The van der Waals surface area contributed by atoms with Gasteiger partial charge in [-0.3, -0.25) is 19.5 Å². The molecule has 0 atom stereocenters. The van der Waals surface area contributed by atoms with Crippen molar-refractivity contribution >= 4 is 34.9 Å². The smallest absolute Gasteiger partial charge is 0.258 e. The van der Waals surface area contributed by atoms with E-state index in [0.717, 1.165) is 25.9 Å². The summed E-state index contributed by atoms with van der Waals surface area (Å²) in [6.45, 7) is 1.99. The topological polar surface area (TPSA) is 87.2 Å². The van der Waals surface area contributed by atoms with Crippen LogP contribution in [0.4, 0.5) is 11.5 Å². The van der Waals surface area contributed by atoms with E-state index in [1.165, 1.54) is 11.8 Å². The van der Waals surface area contributed by atoms with Gasteiger partial charge in [-0.1, -0.05) is 23.7 Å². The number of nitrogens with one attached hydrogen (secondary N) is 2. The third kappa shape index (κ3) is 5.69. The molecule has 2 aromatic heterocycles. The fourth-order valence-electron chi connectivity index (χ4n) is 3.88. The second-order valence-corrected chi connectivity index (χ2v) is 8.18. The Balaban J connectivity index is 1.33. The predicted octanol–water partition coefficient (Wildman–Crippen LogP) is 4.20. The lowest BCUT2D eigenvalue weighted by Gasteiger charge is -2.31. The van der Waals surface area contributed by atoms with E-state index in [1.807, 2.05) is 12.4 Å². The maximum absolute atomic E-state index is 12.7. The highest BCUT2D eigenvalue weighted by molar-refractivity contribution is 6.30. The summed E-state index contributed by atoms with van der Waals surface area (Å²) in [6.07, 6.45) is 7.12. The summed E-state index contributed by atoms with van der Waals surface area (Å²) in [5, 5.41) is 6.10. The lowest BCUT2D eigenvalue weighted by atomic mass is 9.90. The summed E-state index contributed by atoms with van der Waals surface area (Å²) in [5.41, 5.74) is 2.14. The number of para-hydroxylation sites is 1. The van der Waals surface area contributed by atoms with Crippen LogP contribution in [-0.2, 0) is 4.79 Å². The van der Waals surface area contributed by atoms with Crippen LogP contribution in [-0.4, -0.2) is 46.3 Å². The van der Waals surface area contributed by atoms with Gasteiger partial charge in [0.2, 0.25) is 5.91 Å². The molecule has 1 aliphatic heterocycles. The molecule has 3 aromatic rings. The zero-order valence-electron chi connectivity index (χ0n) is 17.5. The zero-order chi connectivity index (χ0) is 22.3. The third-order valence-corrected chi connectivity index (χ3v) is 5.77. The highest BCUT2D eigenvalue weighted by Gasteiger charge is 2.22. The average Bonchev–Trinajstić information content (AvgIpc) is 2.82. The number of carbonyl (C=O) groups is 2. The van der Waals surface area contributed by atoms with E-state index in [1.54, 1.807) is 36.4 Å². The van der Waals surface area contributed by atoms with Crippen LogP contribution >= 0.6 is 11.6 Å². The summed E-state index contributed by atoms with van der Waals surface area (Å²) < 4.78 is 0. The summed E-state index contributed by atoms with van der Waals surface area (Å²) in [6, 6.07) is 14.3. The molecule has 0 unspecified atom stereocenters. The Morgan fingerprint density at radius 3 is 2.47 bits per heavy atom. The fourth-order valence-corrected chi connectivity index (χ4v) is 3.99. The van der Waals surface area contributed by atoms with E-state index >= 15 is 0 Å². The van der Waals surface area contributed by atoms with Crippen LogP contribution in [0, 0.1) is 0 Å². The lowest BCUT2D eigenvalue weighted by molar-refractivity contribution is -0.117. The van der Waals surface area contributed by atoms with Crippen LogP contribution in [0.1, 0.15) is 34.7 Å². The number of piperidine rings is 1. The molecule has 0 aliphatic carbocycles. The minimum Gasteiger partial charge on any atom is -0.324 e. The first-order valence-corrected chi connectivity index (χ1v) is 10.9. The Morgan fingerprint density at radius 1 is 1.00 bits per heavy atom. The molecular weight excluding hydrogens is 426 g/mol. The molecule has 2 amide bonds. The zero-order valence-corrected chi connectivity index (χ0v) is 18.3. The van der Waals surface area contributed by atoms with Crippen molar-refractivity contribution in [2.24, 2.45) is 0 Å². The molecule has 1 fully saturated rings. The van der Waals surface area contributed by atoms with E-state index < -0.39 is 0 Å². The van der Waals surface area contributed by atoms with E-state index in [4.69, 9.17) is 11.6 Å². The fraction of sp³-hybridized carbons (Fsp3) is 0.250. The Hall–Kier alpha value is -3.29. The van der Waals surface area contributed by atoms with Gasteiger partial charge in [-0.2, -0.15) is 0 Å². The largest absolute Gasteiger partial charge is 0.324 e. The van der Waals surface area contributed by atoms with E-state index in [-0.39, 0.29) is 18.4 Å². The van der Waals surface area contributed by atoms with E-state index in [9.17, 15) is 9.59 Å². The van der Waals surface area contributed by atoms with Crippen LogP contribution in [0.2, 0.25) is 5.02 Å². The van der Waals surface area contributed by atoms with Gasteiger partial charge in [0.1, 0.15) is 5.82 Å². The van der Waals surface area contributed by atoms with Gasteiger partial charge in [-0.15, -0.1) is 0 Å². The molecule has 1 saturated heterocycles. The number of aromatic nitrogens is 2. The number of rotatable bonds is 6. The number of anilines is 2. The Kier molecular flexibility index (Phi) is 7.09. The first-order valence-electron chi connectivity index (χ1n) is 10.5. The van der Waals surface area contributed by atoms with Crippen molar-refractivity contribution in [1.29, 1.82) is 0 Å². The molecule has 0 bridgehead atoms. The van der Waals surface area contributed by atoms with Crippen LogP contribution < -0.4 is 10.6 Å². The Labute approximate surface area is 191 Å². The quantitative estimate of drug-likeness (QED) is 0.589. The molecule has 3 heterocycles. The van der Waals surface area contributed by atoms with Crippen molar-refractivity contribution in [2.75, 3.05) is 30.3 Å². The van der Waals surface area contributed by atoms with Gasteiger partial charge in [-0.05, 0) is 73.8 Å². The Morgan fingerprint density at radius 2 is 1.75 bits per heavy atom. The monoisotopic (exact) mass is 449 g/mol. The molecule has 164 valence electrons. The van der Waals surface area contributed by atoms with Gasteiger partial charge in [0.15, 0.2) is 0 Å². The van der Waals surface area contributed by atoms with Crippen LogP contribution in [0.5, 0.6) is 0 Å². The molecular formula is C24H24ClN5O2. The number of benzene rings is 1. The molecule has 0 saturated carbocycles. The third-order valence-electron chi connectivity index (χ3n) is 5.55. The average molecular weight is 450 g/mol. The molecule has 0 radical (unpaired) electrons. The molecule has 1 aromatic carbocycles. The van der Waals surface area contributed by atoms with Crippen molar-refractivity contribution in [3.05, 3.63) is 83.3 Å². The second-order valence-electron chi connectivity index (χ2n) is 7.74. The van der Waals surface area contributed by atoms with E-state index in [0.29, 0.717) is 28.0 Å². The number of carbonyl (C=O) groups excluding carboxylic acids is 2. The van der Waals surface area contributed by atoms with Crippen LogP contribution in [0.25, 0.3) is 0 Å². The highest BCUT2D eigenvalue weighted by atomic mass is 35.5. The predicted molar refractivity (Wildman–Crippen MR) is 125 cm³/mol. The standard InChI is InChI=1S/C24H24ClN5O2/c25-19-5-6-22(27-15-19)29-24(32)20-3-1-2-4-21(20)28-23(31)16-30-13-9-18(10-14-30)17-7-11-26-12-8-17/h1-8,11-12,15,18H,9-10,13-14,16H2,(H,28,31)(H,27,29,32). The van der Waals surface area contributed by atoms with Crippen molar-refractivity contribution < 1.29 is 9.59 Å². The van der Waals surface area contributed by atoms with Crippen molar-refractivity contribution in [1.82, 2.24) is 14.9 Å². The minimum absolute atomic E-state index is 0.141. The van der Waals surface area contributed by atoms with Gasteiger partial charge < -0.3 is 10.6 Å². The number of nitrogens with zero attached hydrogens (tertiary/aromatic N) is 3. The maximum Gasteiger partial charge on any atom is 0.258 e. The minimum atomic E-state index is -0.353. The second kappa shape index (κ2) is 10.3. The van der Waals surface area contributed by atoms with Gasteiger partial charge in [0, 0.05) is 18.6 Å². The highest BCUT2D eigenvalue weighted by Crippen LogP contribution is 2.27. The van der Waals surface area contributed by atoms with Crippen molar-refractivity contribution in [3.63, 3.8) is 0 Å². The van der Waals surface area contributed by atoms with Gasteiger partial charge in [0.05, 0.1) is 22.8 Å². The number of likely N-dealkylation sites (tertiary alicyclic amines) is 1. The number of hydrogen-bond acceptors (Lipinski definition) is 5. The molecule has 4 rings (SSSR count). The maximum atomic E-state index is 12.7. The SMILES string of the molecule is O=C(CN1CCC(c2ccncc2)CC1)Nc1ccccc1C(=O)Nc1ccc(Cl)cn1. The van der Waals surface area contributed by atoms with E-state index in [2.05, 4.69) is 37.6 Å². The van der Waals surface area contributed by atoms with Gasteiger partial charge >= 0.3 is 0 Å². The summed E-state index contributed by atoms with van der Waals surface area (Å²) >= 11 is 5.84. The van der Waals surface area contributed by atoms with Crippen LogP contribution in [0.15, 0.2) is 67.1 Å². The normalized spacial score (nSPS) is 14.7. The molecule has 7 nitrogen and oxygen atoms in total. The first-order chi connectivity index (χ1) is 15.6. The first kappa shape index (κ1) is 21.9. The lowest BCUT2D eigenvalue weighted by Crippen LogP contribution is -2.39.